The second-order valence-corrected chi connectivity index (χ2v) is 8.18. The van der Waals surface area contributed by atoms with Crippen LogP contribution in [0.15, 0.2) is 20.7 Å². The number of allylic oxidation sites excluding steroid dienone is 2. The zero-order valence-corrected chi connectivity index (χ0v) is 12.9. The van der Waals surface area contributed by atoms with E-state index in [2.05, 4.69) is 0 Å². The molecule has 5 heteroatoms. The molecule has 5 aliphatic rings. The van der Waals surface area contributed by atoms with Crippen molar-refractivity contribution >= 4 is 0 Å². The molecule has 116 valence electrons. The molecule has 1 aromatic heterocycles. The highest BCUT2D eigenvalue weighted by atomic mass is 16.2. The van der Waals surface area contributed by atoms with Crippen molar-refractivity contribution < 1.29 is 0 Å². The fourth-order valence-electron chi connectivity index (χ4n) is 6.92. The minimum atomic E-state index is -0.0990. The summed E-state index contributed by atoms with van der Waals surface area (Å²) in [5.74, 6) is 1.40. The number of fused-ring (bicyclic) bond motifs is 9. The summed E-state index contributed by atoms with van der Waals surface area (Å²) < 4.78 is 5.03. The third kappa shape index (κ3) is 0.965. The molecule has 1 aliphatic heterocycles. The van der Waals surface area contributed by atoms with Crippen LogP contribution in [0.4, 0.5) is 0 Å². The largest absolute Gasteiger partial charge is 0.347 e. The van der Waals surface area contributed by atoms with Crippen molar-refractivity contribution in [3.05, 3.63) is 32.1 Å². The maximum Gasteiger partial charge on any atom is 0.347 e. The third-order valence-electron chi connectivity index (χ3n) is 7.55. The van der Waals surface area contributed by atoms with Gasteiger partial charge >= 0.3 is 11.4 Å². The lowest BCUT2D eigenvalue weighted by Gasteiger charge is -2.31. The molecule has 4 atom stereocenters. The quantitative estimate of drug-likeness (QED) is 0.685. The van der Waals surface area contributed by atoms with E-state index in [0.29, 0.717) is 11.8 Å². The predicted octanol–water partition coefficient (Wildman–Crippen LogP) is 1.74. The molecule has 0 unspecified atom stereocenters. The van der Waals surface area contributed by atoms with Crippen LogP contribution >= 0.6 is 0 Å². The van der Waals surface area contributed by atoms with Gasteiger partial charge in [-0.3, -0.25) is 0 Å². The van der Waals surface area contributed by atoms with Crippen LogP contribution in [0.5, 0.6) is 0 Å². The first kappa shape index (κ1) is 12.0. The van der Waals surface area contributed by atoms with Crippen LogP contribution in [0.2, 0.25) is 0 Å². The van der Waals surface area contributed by atoms with E-state index in [4.69, 9.17) is 0 Å². The van der Waals surface area contributed by atoms with Crippen molar-refractivity contribution in [1.29, 1.82) is 0 Å². The van der Waals surface area contributed by atoms with Crippen LogP contribution in [0, 0.1) is 17.3 Å². The predicted molar refractivity (Wildman–Crippen MR) is 80.8 cm³/mol. The Morgan fingerprint density at radius 3 is 1.91 bits per heavy atom. The highest BCUT2D eigenvalue weighted by molar-refractivity contribution is 5.46. The molecule has 2 saturated carbocycles. The third-order valence-corrected chi connectivity index (χ3v) is 7.55. The summed E-state index contributed by atoms with van der Waals surface area (Å²) in [6.45, 7) is 0. The number of aromatic nitrogens is 3. The number of nitrogens with zero attached hydrogens (tertiary/aromatic N) is 3. The van der Waals surface area contributed by atoms with Gasteiger partial charge in [-0.2, -0.15) is 0 Å². The smallest absolute Gasteiger partial charge is 0.246 e. The van der Waals surface area contributed by atoms with Gasteiger partial charge in [0.25, 0.3) is 0 Å². The Balaban J connectivity index is 1.70. The Morgan fingerprint density at radius 1 is 0.909 bits per heavy atom. The molecule has 0 N–H and O–H groups in total. The lowest BCUT2D eigenvalue weighted by atomic mass is 9.73. The van der Waals surface area contributed by atoms with Crippen LogP contribution in [0.3, 0.4) is 0 Å². The zero-order chi connectivity index (χ0) is 14.8. The molecule has 2 fully saturated rings. The lowest BCUT2D eigenvalue weighted by Crippen LogP contribution is -2.35. The summed E-state index contributed by atoms with van der Waals surface area (Å²) >= 11 is 0. The Labute approximate surface area is 128 Å². The van der Waals surface area contributed by atoms with Crippen molar-refractivity contribution in [3.63, 3.8) is 0 Å². The number of hydrogen-bond acceptors (Lipinski definition) is 2. The summed E-state index contributed by atoms with van der Waals surface area (Å²) in [5.41, 5.74) is 3.15. The van der Waals surface area contributed by atoms with Crippen LogP contribution < -0.4 is 11.4 Å². The molecule has 22 heavy (non-hydrogen) atoms. The van der Waals surface area contributed by atoms with Crippen LogP contribution in [0.1, 0.15) is 57.0 Å². The van der Waals surface area contributed by atoms with Crippen molar-refractivity contribution in [2.45, 2.75) is 57.0 Å². The number of rotatable bonds is 0. The van der Waals surface area contributed by atoms with Gasteiger partial charge in [0.2, 0.25) is 0 Å². The van der Waals surface area contributed by atoms with E-state index >= 15 is 0 Å². The fourth-order valence-corrected chi connectivity index (χ4v) is 6.92. The molecule has 0 radical (unpaired) electrons. The Bertz CT molecular complexity index is 800. The highest BCUT2D eigenvalue weighted by Crippen LogP contribution is 2.73. The van der Waals surface area contributed by atoms with Gasteiger partial charge < -0.3 is 0 Å². The Morgan fingerprint density at radius 2 is 1.41 bits per heavy atom. The molecule has 0 saturated heterocycles. The van der Waals surface area contributed by atoms with E-state index in [1.807, 2.05) is 9.36 Å². The van der Waals surface area contributed by atoms with Gasteiger partial charge in [0, 0.05) is 12.5 Å². The molecular formula is C17H21N3O2. The minimum Gasteiger partial charge on any atom is -0.246 e. The molecule has 6 rings (SSSR count). The molecule has 4 bridgehead atoms. The average molecular weight is 299 g/mol. The summed E-state index contributed by atoms with van der Waals surface area (Å²) in [6, 6.07) is 0.401. The van der Waals surface area contributed by atoms with Gasteiger partial charge in [-0.25, -0.2) is 23.5 Å². The van der Waals surface area contributed by atoms with Crippen molar-refractivity contribution in [2.24, 2.45) is 24.3 Å². The topological polar surface area (TPSA) is 48.9 Å². The van der Waals surface area contributed by atoms with Gasteiger partial charge in [-0.05, 0) is 55.1 Å². The second-order valence-electron chi connectivity index (χ2n) is 8.18. The molecular weight excluding hydrogens is 278 g/mol. The first-order chi connectivity index (χ1) is 10.6. The summed E-state index contributed by atoms with van der Waals surface area (Å²) in [5, 5.41) is 0. The van der Waals surface area contributed by atoms with E-state index in [-0.39, 0.29) is 28.9 Å². The standard InChI is InChI=1S/C17H21N3O2/c1-18-15(21)19-13-11-9-4-5-10(8-9)12(11)14(20(19)16(18)22)17(13)6-2-3-7-17/h9-10,13-14H,2-8H2,1H3/t9-,10-,13-,14-/m0/s1. The molecule has 0 amide bonds. The summed E-state index contributed by atoms with van der Waals surface area (Å²) in [4.78, 5) is 25.4. The van der Waals surface area contributed by atoms with Crippen LogP contribution in [-0.4, -0.2) is 13.9 Å². The van der Waals surface area contributed by atoms with Gasteiger partial charge in [0.15, 0.2) is 0 Å². The summed E-state index contributed by atoms with van der Waals surface area (Å²) in [6.07, 6.45) is 8.76. The first-order valence-corrected chi connectivity index (χ1v) is 8.79. The van der Waals surface area contributed by atoms with Crippen LogP contribution in [-0.2, 0) is 7.05 Å². The van der Waals surface area contributed by atoms with Gasteiger partial charge in [-0.15, -0.1) is 0 Å². The van der Waals surface area contributed by atoms with Gasteiger partial charge in [0.1, 0.15) is 0 Å². The maximum atomic E-state index is 12.7. The minimum absolute atomic E-state index is 0.0990. The molecule has 0 aromatic carbocycles. The molecule has 1 spiro atoms. The first-order valence-electron chi connectivity index (χ1n) is 8.79. The van der Waals surface area contributed by atoms with Crippen molar-refractivity contribution in [2.75, 3.05) is 0 Å². The fraction of sp³-hybridized carbons (Fsp3) is 0.765. The van der Waals surface area contributed by atoms with E-state index in [0.717, 1.165) is 0 Å². The summed E-state index contributed by atoms with van der Waals surface area (Å²) in [7, 11) is 1.63. The van der Waals surface area contributed by atoms with E-state index < -0.39 is 0 Å². The zero-order valence-electron chi connectivity index (χ0n) is 12.9. The molecule has 4 aliphatic carbocycles. The lowest BCUT2D eigenvalue weighted by molar-refractivity contribution is 0.210. The second kappa shape index (κ2) is 3.36. The van der Waals surface area contributed by atoms with E-state index in [9.17, 15) is 9.59 Å². The van der Waals surface area contributed by atoms with Gasteiger partial charge in [0.05, 0.1) is 12.1 Å². The SMILES string of the molecule is Cn1c(=O)n2n(c1=O)[C@H]1C3=C([C@H]4CC[C@H]3C4)[C@H]2C12CCCC2. The average Bonchev–Trinajstić information content (AvgIpc) is 3.32. The monoisotopic (exact) mass is 299 g/mol. The van der Waals surface area contributed by atoms with E-state index in [1.165, 1.54) is 49.5 Å². The molecule has 1 aromatic rings. The van der Waals surface area contributed by atoms with Crippen molar-refractivity contribution in [3.8, 4) is 0 Å². The molecule has 2 heterocycles. The normalized spacial score (nSPS) is 39.3. The van der Waals surface area contributed by atoms with Crippen LogP contribution in [0.25, 0.3) is 0 Å². The Hall–Kier alpha value is -1.52. The maximum absolute atomic E-state index is 12.7. The van der Waals surface area contributed by atoms with E-state index in [1.54, 1.807) is 18.2 Å². The van der Waals surface area contributed by atoms with Crippen molar-refractivity contribution in [1.82, 2.24) is 13.9 Å². The Kier molecular flexibility index (Phi) is 1.83. The highest BCUT2D eigenvalue weighted by Gasteiger charge is 2.68. The number of hydrogen-bond donors (Lipinski definition) is 0. The molecule has 5 nitrogen and oxygen atoms in total. The van der Waals surface area contributed by atoms with Gasteiger partial charge in [-0.1, -0.05) is 12.8 Å².